The number of nitriles is 1. The van der Waals surface area contributed by atoms with Crippen molar-refractivity contribution < 1.29 is 46.1 Å². The zero-order valence-corrected chi connectivity index (χ0v) is 20.5. The molecule has 1 aliphatic heterocycles. The minimum Gasteiger partial charge on any atom is -0.475 e. The highest BCUT2D eigenvalue weighted by molar-refractivity contribution is 8.04. The molecule has 0 bridgehead atoms. The van der Waals surface area contributed by atoms with Gasteiger partial charge in [0.2, 0.25) is 5.95 Å². The van der Waals surface area contributed by atoms with Crippen molar-refractivity contribution in [1.29, 1.82) is 5.26 Å². The molecule has 1 aliphatic rings. The van der Waals surface area contributed by atoms with E-state index in [9.17, 15) is 31.6 Å². The third-order valence-corrected chi connectivity index (χ3v) is 5.40. The molecule has 0 saturated heterocycles. The van der Waals surface area contributed by atoms with Crippen molar-refractivity contribution in [3.63, 3.8) is 0 Å². The van der Waals surface area contributed by atoms with Crippen LogP contribution in [0.2, 0.25) is 0 Å². The Kier molecular flexibility index (Phi) is 10.9. The van der Waals surface area contributed by atoms with Gasteiger partial charge >= 0.3 is 24.3 Å². The fourth-order valence-corrected chi connectivity index (χ4v) is 3.58. The topological polar surface area (TPSA) is 177 Å². The molecule has 0 fully saturated rings. The monoisotopic (exact) mass is 589 g/mol. The molecule has 11 nitrogen and oxygen atoms in total. The van der Waals surface area contributed by atoms with Gasteiger partial charge in [-0.1, -0.05) is 23.9 Å². The summed E-state index contributed by atoms with van der Waals surface area (Å²) in [6.07, 6.45) is -4.28. The number of alkyl halides is 6. The number of halogens is 6. The number of rotatable bonds is 5. The Bertz CT molecular complexity index is 1340. The third kappa shape index (κ3) is 9.83. The number of nitrogens with one attached hydrogen (secondary N) is 3. The van der Waals surface area contributed by atoms with Crippen LogP contribution in [-0.2, 0) is 16.0 Å². The van der Waals surface area contributed by atoms with Crippen LogP contribution in [0.3, 0.4) is 0 Å². The summed E-state index contributed by atoms with van der Waals surface area (Å²) in [6.45, 7) is 0.669. The van der Waals surface area contributed by atoms with E-state index in [4.69, 9.17) is 19.8 Å². The number of carboxylic acids is 2. The van der Waals surface area contributed by atoms with E-state index in [0.717, 1.165) is 27.7 Å². The average Bonchev–Trinajstić information content (AvgIpc) is 3.54. The molecule has 2 aromatic heterocycles. The zero-order chi connectivity index (χ0) is 29.9. The van der Waals surface area contributed by atoms with Gasteiger partial charge in [-0.3, -0.25) is 0 Å². The van der Waals surface area contributed by atoms with Gasteiger partial charge in [-0.15, -0.1) is 0 Å². The molecule has 40 heavy (non-hydrogen) atoms. The Hall–Kier alpha value is -4.79. The Morgan fingerprint density at radius 2 is 1.68 bits per heavy atom. The van der Waals surface area contributed by atoms with Crippen molar-refractivity contribution in [2.75, 3.05) is 17.2 Å². The van der Waals surface area contributed by atoms with Gasteiger partial charge in [0.1, 0.15) is 11.6 Å². The van der Waals surface area contributed by atoms with Crippen molar-refractivity contribution >= 4 is 40.9 Å². The highest BCUT2D eigenvalue weighted by Gasteiger charge is 2.38. The SMILES string of the molecule is N#C/C(=C1/Nc2ccccc2S1)c1ccnc(NCCc2cnc[nH]2)n1.O=C(O)C(F)(F)F.O=C(O)C(F)(F)F. The van der Waals surface area contributed by atoms with Crippen LogP contribution in [0.1, 0.15) is 11.4 Å². The van der Waals surface area contributed by atoms with Gasteiger partial charge in [-0.2, -0.15) is 31.6 Å². The minimum absolute atomic E-state index is 0.496. The lowest BCUT2D eigenvalue weighted by molar-refractivity contribution is -0.193. The van der Waals surface area contributed by atoms with Crippen LogP contribution in [0.25, 0.3) is 5.57 Å². The van der Waals surface area contributed by atoms with Gasteiger partial charge in [0, 0.05) is 35.9 Å². The zero-order valence-electron chi connectivity index (χ0n) is 19.7. The first-order valence-electron chi connectivity index (χ1n) is 10.6. The van der Waals surface area contributed by atoms with Crippen LogP contribution in [-0.4, -0.2) is 61.0 Å². The highest BCUT2D eigenvalue weighted by Crippen LogP contribution is 2.43. The fraction of sp³-hybridized carbons (Fsp3) is 0.182. The molecule has 0 atom stereocenters. The number of fused-ring (bicyclic) bond motifs is 1. The van der Waals surface area contributed by atoms with E-state index in [1.165, 1.54) is 11.8 Å². The van der Waals surface area contributed by atoms with Gasteiger partial charge in [-0.05, 0) is 18.2 Å². The van der Waals surface area contributed by atoms with E-state index in [2.05, 4.69) is 36.6 Å². The molecule has 18 heteroatoms. The summed E-state index contributed by atoms with van der Waals surface area (Å²) >= 11 is 1.54. The molecule has 0 unspecified atom stereocenters. The maximum Gasteiger partial charge on any atom is 0.490 e. The minimum atomic E-state index is -5.08. The Balaban J connectivity index is 0.000000333. The molecule has 4 rings (SSSR count). The van der Waals surface area contributed by atoms with Gasteiger partial charge in [0.05, 0.1) is 22.7 Å². The van der Waals surface area contributed by atoms with E-state index < -0.39 is 24.3 Å². The number of aromatic nitrogens is 4. The number of carbonyl (C=O) groups is 2. The molecule has 212 valence electrons. The number of benzene rings is 1. The number of aliphatic carboxylic acids is 2. The number of allylic oxidation sites excluding steroid dienone is 1. The van der Waals surface area contributed by atoms with E-state index in [-0.39, 0.29) is 0 Å². The second-order valence-electron chi connectivity index (χ2n) is 7.16. The summed E-state index contributed by atoms with van der Waals surface area (Å²) in [5.74, 6) is -5.02. The van der Waals surface area contributed by atoms with E-state index in [1.807, 2.05) is 24.3 Å². The maximum absolute atomic E-state index is 10.6. The number of nitrogens with zero attached hydrogens (tertiary/aromatic N) is 4. The molecule has 0 radical (unpaired) electrons. The normalized spacial score (nSPS) is 13.2. The number of imidazole rings is 1. The lowest BCUT2D eigenvalue weighted by Crippen LogP contribution is -2.21. The van der Waals surface area contributed by atoms with E-state index in [1.54, 1.807) is 24.8 Å². The number of para-hydroxylation sites is 1. The van der Waals surface area contributed by atoms with Crippen molar-refractivity contribution in [3.05, 3.63) is 65.5 Å². The van der Waals surface area contributed by atoms with Crippen LogP contribution < -0.4 is 10.6 Å². The fourth-order valence-electron chi connectivity index (χ4n) is 2.57. The van der Waals surface area contributed by atoms with Crippen molar-refractivity contribution in [3.8, 4) is 6.07 Å². The summed E-state index contributed by atoms with van der Waals surface area (Å²) in [5, 5.41) is 31.2. The average molecular weight is 589 g/mol. The number of H-pyrrole nitrogens is 1. The lowest BCUT2D eigenvalue weighted by Gasteiger charge is -2.07. The molecule has 5 N–H and O–H groups in total. The number of hydrogen-bond donors (Lipinski definition) is 5. The van der Waals surface area contributed by atoms with Gasteiger partial charge < -0.3 is 25.8 Å². The molecule has 0 amide bonds. The summed E-state index contributed by atoms with van der Waals surface area (Å²) < 4.78 is 63.5. The summed E-state index contributed by atoms with van der Waals surface area (Å²) in [6, 6.07) is 12.0. The van der Waals surface area contributed by atoms with Crippen molar-refractivity contribution in [2.45, 2.75) is 23.7 Å². The van der Waals surface area contributed by atoms with Crippen LogP contribution in [0.5, 0.6) is 0 Å². The number of carboxylic acid groups (broad SMARTS) is 2. The van der Waals surface area contributed by atoms with Gasteiger partial charge in [0.15, 0.2) is 0 Å². The summed E-state index contributed by atoms with van der Waals surface area (Å²) in [7, 11) is 0. The molecule has 0 spiro atoms. The van der Waals surface area contributed by atoms with Gasteiger partial charge in [-0.25, -0.2) is 24.5 Å². The second-order valence-corrected chi connectivity index (χ2v) is 8.22. The molecule has 0 aliphatic carbocycles. The summed E-state index contributed by atoms with van der Waals surface area (Å²) in [5.41, 5.74) is 3.14. The Labute approximate surface area is 225 Å². The lowest BCUT2D eigenvalue weighted by atomic mass is 10.2. The molecular weight excluding hydrogens is 572 g/mol. The first-order chi connectivity index (χ1) is 18.7. The first kappa shape index (κ1) is 31.4. The van der Waals surface area contributed by atoms with Crippen LogP contribution >= 0.6 is 11.8 Å². The Morgan fingerprint density at radius 1 is 1.05 bits per heavy atom. The molecule has 3 heterocycles. The number of aromatic amines is 1. The maximum atomic E-state index is 10.6. The quantitative estimate of drug-likeness (QED) is 0.209. The van der Waals surface area contributed by atoms with Crippen LogP contribution in [0, 0.1) is 11.3 Å². The first-order valence-corrected chi connectivity index (χ1v) is 11.4. The predicted molar refractivity (Wildman–Crippen MR) is 129 cm³/mol. The van der Waals surface area contributed by atoms with E-state index in [0.29, 0.717) is 23.8 Å². The number of anilines is 2. The van der Waals surface area contributed by atoms with E-state index >= 15 is 0 Å². The van der Waals surface area contributed by atoms with Crippen molar-refractivity contribution in [1.82, 2.24) is 19.9 Å². The molecule has 1 aromatic carbocycles. The van der Waals surface area contributed by atoms with Gasteiger partial charge in [0.25, 0.3) is 0 Å². The predicted octanol–water partition coefficient (Wildman–Crippen LogP) is 4.53. The number of thioether (sulfide) groups is 1. The highest BCUT2D eigenvalue weighted by atomic mass is 32.2. The third-order valence-electron chi connectivity index (χ3n) is 4.32. The standard InChI is InChI=1S/C18H15N7S.2C2HF3O2/c19-9-13(17-24-15-3-1-2-4-16(15)26-17)14-6-8-22-18(25-14)21-7-5-12-10-20-11-23-12;2*3-2(4,5)1(6)7/h1-4,6,8,10-11,24H,5,7H2,(H,20,23)(H,21,22,25);2*(H,6,7)/b17-13+;;. The summed E-state index contributed by atoms with van der Waals surface area (Å²) in [4.78, 5) is 34.7. The van der Waals surface area contributed by atoms with Crippen molar-refractivity contribution in [2.24, 2.45) is 0 Å². The second kappa shape index (κ2) is 13.8. The largest absolute Gasteiger partial charge is 0.490 e. The number of hydrogen-bond acceptors (Lipinski definition) is 9. The molecular formula is C22H17F6N7O4S. The molecule has 0 saturated carbocycles. The Morgan fingerprint density at radius 3 is 2.20 bits per heavy atom. The van der Waals surface area contributed by atoms with Crippen LogP contribution in [0.15, 0.2) is 59.0 Å². The smallest absolute Gasteiger partial charge is 0.475 e. The van der Waals surface area contributed by atoms with Crippen LogP contribution in [0.4, 0.5) is 38.0 Å². The molecule has 3 aromatic rings.